The maximum Gasteiger partial charge on any atom is 0.332 e. The first-order valence-corrected chi connectivity index (χ1v) is 9.86. The normalized spacial score (nSPS) is 11.1. The first-order valence-electron chi connectivity index (χ1n) is 8.88. The maximum atomic E-state index is 12.7. The molecule has 0 saturated carbocycles. The number of rotatable bonds is 7. The van der Waals surface area contributed by atoms with E-state index in [1.54, 1.807) is 29.8 Å². The fourth-order valence-corrected chi connectivity index (χ4v) is 4.01. The van der Waals surface area contributed by atoms with E-state index in [-0.39, 0.29) is 11.5 Å². The van der Waals surface area contributed by atoms with Crippen molar-refractivity contribution in [2.75, 3.05) is 20.0 Å². The molecule has 0 amide bonds. The molecule has 0 aliphatic carbocycles. The van der Waals surface area contributed by atoms with Crippen molar-refractivity contribution < 1.29 is 14.3 Å². The van der Waals surface area contributed by atoms with E-state index in [1.807, 2.05) is 6.92 Å². The maximum absolute atomic E-state index is 12.7. The van der Waals surface area contributed by atoms with Crippen molar-refractivity contribution >= 4 is 28.7 Å². The minimum atomic E-state index is -0.443. The first-order chi connectivity index (χ1) is 13.8. The van der Waals surface area contributed by atoms with E-state index in [2.05, 4.69) is 4.98 Å². The number of thioether (sulfide) groups is 1. The molecule has 0 atom stereocenters. The molecule has 3 rings (SSSR count). The van der Waals surface area contributed by atoms with Crippen LogP contribution < -0.4 is 20.7 Å². The molecule has 2 aromatic heterocycles. The Labute approximate surface area is 170 Å². The standard InChI is InChI=1S/C19H22N4O5S/c1-6-23-15-16(21(2)19(26)22(3)17(15)25)20-18(23)29-10-12(24)11-7-8-13(27-4)14(9-11)28-5/h7-9H,6,10H2,1-5H3. The van der Waals surface area contributed by atoms with Crippen LogP contribution in [0.3, 0.4) is 0 Å². The van der Waals surface area contributed by atoms with Crippen LogP contribution >= 0.6 is 11.8 Å². The number of carbonyl (C=O) groups excluding carboxylic acids is 1. The van der Waals surface area contributed by atoms with Crippen LogP contribution in [0.15, 0.2) is 32.9 Å². The summed E-state index contributed by atoms with van der Waals surface area (Å²) >= 11 is 1.22. The highest BCUT2D eigenvalue weighted by Crippen LogP contribution is 2.29. The Kier molecular flexibility index (Phi) is 5.83. The van der Waals surface area contributed by atoms with Gasteiger partial charge in [0.1, 0.15) is 0 Å². The summed E-state index contributed by atoms with van der Waals surface area (Å²) < 4.78 is 14.6. The Morgan fingerprint density at radius 2 is 1.79 bits per heavy atom. The number of imidazole rings is 1. The molecule has 0 spiro atoms. The minimum absolute atomic E-state index is 0.118. The number of nitrogens with zero attached hydrogens (tertiary/aromatic N) is 4. The average Bonchev–Trinajstić information content (AvgIpc) is 3.12. The van der Waals surface area contributed by atoms with Gasteiger partial charge in [0.05, 0.1) is 20.0 Å². The third-order valence-corrected chi connectivity index (χ3v) is 5.64. The first kappa shape index (κ1) is 20.7. The second-order valence-electron chi connectivity index (χ2n) is 6.30. The van der Waals surface area contributed by atoms with Crippen LogP contribution in [0.25, 0.3) is 11.2 Å². The molecule has 29 heavy (non-hydrogen) atoms. The lowest BCUT2D eigenvalue weighted by molar-refractivity contribution is 0.102. The van der Waals surface area contributed by atoms with E-state index in [1.165, 1.54) is 37.6 Å². The second kappa shape index (κ2) is 8.16. The number of hydrogen-bond donors (Lipinski definition) is 0. The largest absolute Gasteiger partial charge is 0.493 e. The molecular weight excluding hydrogens is 396 g/mol. The summed E-state index contributed by atoms with van der Waals surface area (Å²) in [7, 11) is 6.04. The highest BCUT2D eigenvalue weighted by molar-refractivity contribution is 7.99. The third-order valence-electron chi connectivity index (χ3n) is 4.67. The SMILES string of the molecule is CCn1c(SCC(=O)c2ccc(OC)c(OC)c2)nc2c1c(=O)n(C)c(=O)n2C. The average molecular weight is 418 g/mol. The molecule has 0 saturated heterocycles. The predicted octanol–water partition coefficient (Wildman–Crippen LogP) is 1.45. The van der Waals surface area contributed by atoms with E-state index < -0.39 is 11.2 Å². The number of methoxy groups -OCH3 is 2. The molecule has 0 N–H and O–H groups in total. The quantitative estimate of drug-likeness (QED) is 0.423. The summed E-state index contributed by atoms with van der Waals surface area (Å²) in [6.45, 7) is 2.36. The van der Waals surface area contributed by atoms with Crippen LogP contribution in [0.5, 0.6) is 11.5 Å². The van der Waals surface area contributed by atoms with Gasteiger partial charge in [0.2, 0.25) is 0 Å². The summed E-state index contributed by atoms with van der Waals surface area (Å²) in [4.78, 5) is 41.9. The zero-order chi connectivity index (χ0) is 21.3. The fourth-order valence-electron chi connectivity index (χ4n) is 3.05. The second-order valence-corrected chi connectivity index (χ2v) is 7.24. The molecule has 1 aromatic carbocycles. The Morgan fingerprint density at radius 3 is 2.41 bits per heavy atom. The van der Waals surface area contributed by atoms with Gasteiger partial charge in [-0.05, 0) is 25.1 Å². The van der Waals surface area contributed by atoms with Crippen molar-refractivity contribution in [3.63, 3.8) is 0 Å². The van der Waals surface area contributed by atoms with Gasteiger partial charge in [-0.3, -0.25) is 18.7 Å². The molecule has 10 heteroatoms. The number of benzene rings is 1. The number of ketones is 1. The van der Waals surface area contributed by atoms with Crippen LogP contribution in [-0.2, 0) is 20.6 Å². The van der Waals surface area contributed by atoms with Crippen LogP contribution in [0, 0.1) is 0 Å². The van der Waals surface area contributed by atoms with Crippen LogP contribution in [0.2, 0.25) is 0 Å². The van der Waals surface area contributed by atoms with Gasteiger partial charge in [0, 0.05) is 26.2 Å². The zero-order valence-corrected chi connectivity index (χ0v) is 17.7. The van der Waals surface area contributed by atoms with Gasteiger partial charge in [0.25, 0.3) is 5.56 Å². The van der Waals surface area contributed by atoms with E-state index in [4.69, 9.17) is 9.47 Å². The highest BCUT2D eigenvalue weighted by Gasteiger charge is 2.20. The minimum Gasteiger partial charge on any atom is -0.493 e. The van der Waals surface area contributed by atoms with Gasteiger partial charge in [0.15, 0.2) is 33.6 Å². The molecule has 0 unspecified atom stereocenters. The molecule has 0 bridgehead atoms. The lowest BCUT2D eigenvalue weighted by Gasteiger charge is -2.09. The number of ether oxygens (including phenoxy) is 2. The van der Waals surface area contributed by atoms with Gasteiger partial charge in [-0.15, -0.1) is 0 Å². The Bertz CT molecular complexity index is 1210. The van der Waals surface area contributed by atoms with Crippen molar-refractivity contribution in [1.29, 1.82) is 0 Å². The molecule has 3 aromatic rings. The Morgan fingerprint density at radius 1 is 1.10 bits per heavy atom. The lowest BCUT2D eigenvalue weighted by atomic mass is 10.1. The third kappa shape index (κ3) is 3.55. The van der Waals surface area contributed by atoms with Crippen molar-refractivity contribution in [3.8, 4) is 11.5 Å². The molecule has 0 aliphatic heterocycles. The van der Waals surface area contributed by atoms with Crippen molar-refractivity contribution in [2.45, 2.75) is 18.6 Å². The number of fused-ring (bicyclic) bond motifs is 1. The van der Waals surface area contributed by atoms with E-state index in [9.17, 15) is 14.4 Å². The van der Waals surface area contributed by atoms with Gasteiger partial charge >= 0.3 is 5.69 Å². The molecule has 0 radical (unpaired) electrons. The van der Waals surface area contributed by atoms with E-state index in [0.717, 1.165) is 4.57 Å². The summed E-state index contributed by atoms with van der Waals surface area (Å²) in [5.41, 5.74) is 0.286. The number of aryl methyl sites for hydroxylation is 2. The molecular formula is C19H22N4O5S. The molecule has 0 aliphatic rings. The molecule has 0 fully saturated rings. The summed E-state index contributed by atoms with van der Waals surface area (Å²) in [6, 6.07) is 4.98. The Hall–Kier alpha value is -3.01. The van der Waals surface area contributed by atoms with Gasteiger partial charge < -0.3 is 14.0 Å². The monoisotopic (exact) mass is 418 g/mol. The van der Waals surface area contributed by atoms with Crippen molar-refractivity contribution in [1.82, 2.24) is 18.7 Å². The Balaban J connectivity index is 1.94. The van der Waals surface area contributed by atoms with E-state index in [0.29, 0.717) is 39.9 Å². The van der Waals surface area contributed by atoms with Gasteiger partial charge in [-0.25, -0.2) is 9.78 Å². The van der Waals surface area contributed by atoms with Crippen LogP contribution in [-0.4, -0.2) is 44.4 Å². The van der Waals surface area contributed by atoms with Crippen LogP contribution in [0.4, 0.5) is 0 Å². The summed E-state index contributed by atoms with van der Waals surface area (Å²) in [6.07, 6.45) is 0. The van der Waals surface area contributed by atoms with Gasteiger partial charge in [-0.1, -0.05) is 11.8 Å². The smallest absolute Gasteiger partial charge is 0.332 e. The number of hydrogen-bond acceptors (Lipinski definition) is 7. The van der Waals surface area contributed by atoms with Gasteiger partial charge in [-0.2, -0.15) is 0 Å². The zero-order valence-electron chi connectivity index (χ0n) is 16.9. The topological polar surface area (TPSA) is 97.3 Å². The molecule has 9 nitrogen and oxygen atoms in total. The lowest BCUT2D eigenvalue weighted by Crippen LogP contribution is -2.37. The molecule has 154 valence electrons. The number of Topliss-reactive ketones (excluding diaryl/α,β-unsaturated/α-hetero) is 1. The predicted molar refractivity (Wildman–Crippen MR) is 110 cm³/mol. The van der Waals surface area contributed by atoms with Crippen molar-refractivity contribution in [3.05, 3.63) is 44.6 Å². The highest BCUT2D eigenvalue weighted by atomic mass is 32.2. The summed E-state index contributed by atoms with van der Waals surface area (Å²) in [5, 5.41) is 0.509. The number of aromatic nitrogens is 4. The molecule has 2 heterocycles. The summed E-state index contributed by atoms with van der Waals surface area (Å²) in [5.74, 6) is 1.02. The fraction of sp³-hybridized carbons (Fsp3) is 0.368. The number of carbonyl (C=O) groups is 1. The van der Waals surface area contributed by atoms with E-state index >= 15 is 0 Å². The van der Waals surface area contributed by atoms with Crippen LogP contribution in [0.1, 0.15) is 17.3 Å². The van der Waals surface area contributed by atoms with Crippen molar-refractivity contribution in [2.24, 2.45) is 14.1 Å².